The molecule has 0 amide bonds. The zero-order chi connectivity index (χ0) is 18.1. The Bertz CT molecular complexity index is 650. The Balaban J connectivity index is 1.32. The predicted molar refractivity (Wildman–Crippen MR) is 94.7 cm³/mol. The number of benzene rings is 1. The molecule has 1 aliphatic heterocycles. The van der Waals surface area contributed by atoms with Gasteiger partial charge in [-0.05, 0) is 74.0 Å². The second-order valence-electron chi connectivity index (χ2n) is 8.10. The molecule has 4 rings (SSSR count). The van der Waals surface area contributed by atoms with Gasteiger partial charge in [0.2, 0.25) is 0 Å². The summed E-state index contributed by atoms with van der Waals surface area (Å²) in [4.78, 5) is 11.0. The fourth-order valence-corrected chi connectivity index (χ4v) is 5.22. The Labute approximate surface area is 153 Å². The average molecular weight is 362 g/mol. The van der Waals surface area contributed by atoms with Gasteiger partial charge in [-0.2, -0.15) is 0 Å². The Morgan fingerprint density at radius 3 is 2.19 bits per heavy atom. The van der Waals surface area contributed by atoms with E-state index in [4.69, 9.17) is 14.6 Å². The molecule has 1 heterocycles. The second-order valence-corrected chi connectivity index (χ2v) is 8.10. The molecule has 3 fully saturated rings. The Morgan fingerprint density at radius 2 is 1.62 bits per heavy atom. The first kappa shape index (κ1) is 17.9. The van der Waals surface area contributed by atoms with Crippen molar-refractivity contribution in [2.24, 2.45) is 11.8 Å². The maximum atomic E-state index is 14.0. The number of carboxylic acids is 1. The molecular weight excluding hydrogens is 335 g/mol. The molecular formula is C21H27FO4. The summed E-state index contributed by atoms with van der Waals surface area (Å²) in [6, 6.07) is 4.62. The van der Waals surface area contributed by atoms with E-state index < -0.39 is 11.8 Å². The van der Waals surface area contributed by atoms with E-state index in [9.17, 15) is 9.18 Å². The smallest absolute Gasteiger partial charge is 0.338 e. The summed E-state index contributed by atoms with van der Waals surface area (Å²) in [7, 11) is 0. The van der Waals surface area contributed by atoms with Crippen LogP contribution in [0.4, 0.5) is 4.39 Å². The van der Waals surface area contributed by atoms with Crippen molar-refractivity contribution in [3.8, 4) is 0 Å². The highest BCUT2D eigenvalue weighted by atomic mass is 19.1. The summed E-state index contributed by atoms with van der Waals surface area (Å²) in [5.74, 6) is -0.264. The van der Waals surface area contributed by atoms with Gasteiger partial charge in [-0.1, -0.05) is 6.07 Å². The van der Waals surface area contributed by atoms with E-state index in [0.717, 1.165) is 56.3 Å². The maximum Gasteiger partial charge on any atom is 0.338 e. The monoisotopic (exact) mass is 362 g/mol. The van der Waals surface area contributed by atoms with E-state index in [1.807, 2.05) is 0 Å². The largest absolute Gasteiger partial charge is 0.478 e. The first-order valence-electron chi connectivity index (χ1n) is 9.87. The van der Waals surface area contributed by atoms with E-state index in [1.165, 1.54) is 37.8 Å². The van der Waals surface area contributed by atoms with Gasteiger partial charge in [0, 0.05) is 12.8 Å². The normalized spacial score (nSPS) is 29.1. The van der Waals surface area contributed by atoms with Crippen LogP contribution in [-0.4, -0.2) is 30.1 Å². The molecule has 4 nitrogen and oxygen atoms in total. The minimum absolute atomic E-state index is 0.241. The lowest BCUT2D eigenvalue weighted by Gasteiger charge is -2.41. The molecule has 5 heteroatoms. The first-order chi connectivity index (χ1) is 12.6. The maximum absolute atomic E-state index is 14.0. The number of carbonyl (C=O) groups is 1. The zero-order valence-electron chi connectivity index (χ0n) is 15.1. The van der Waals surface area contributed by atoms with Crippen molar-refractivity contribution in [2.75, 3.05) is 13.2 Å². The van der Waals surface area contributed by atoms with Crippen LogP contribution in [0.1, 0.15) is 73.2 Å². The van der Waals surface area contributed by atoms with E-state index in [1.54, 1.807) is 6.07 Å². The SMILES string of the molecule is O=C(O)c1ccc([C@H]2CC[C@H](C3CCC4(CC3)OCCO4)CC2)cc1F. The molecule has 26 heavy (non-hydrogen) atoms. The summed E-state index contributed by atoms with van der Waals surface area (Å²) < 4.78 is 25.6. The minimum atomic E-state index is -1.21. The summed E-state index contributed by atoms with van der Waals surface area (Å²) in [5, 5.41) is 8.96. The molecule has 0 atom stereocenters. The number of hydrogen-bond donors (Lipinski definition) is 1. The fourth-order valence-electron chi connectivity index (χ4n) is 5.22. The molecule has 2 saturated carbocycles. The van der Waals surface area contributed by atoms with Gasteiger partial charge in [-0.25, -0.2) is 9.18 Å². The van der Waals surface area contributed by atoms with E-state index in [2.05, 4.69) is 0 Å². The van der Waals surface area contributed by atoms with Gasteiger partial charge >= 0.3 is 5.97 Å². The third-order valence-electron chi connectivity index (χ3n) is 6.74. The van der Waals surface area contributed by atoms with E-state index in [-0.39, 0.29) is 11.4 Å². The third-order valence-corrected chi connectivity index (χ3v) is 6.74. The summed E-state index contributed by atoms with van der Waals surface area (Å²) in [5.41, 5.74) is 0.705. The van der Waals surface area contributed by atoms with Gasteiger partial charge in [0.15, 0.2) is 5.79 Å². The minimum Gasteiger partial charge on any atom is -0.478 e. The number of carboxylic acid groups (broad SMARTS) is 1. The number of aromatic carboxylic acids is 1. The molecule has 1 spiro atoms. The first-order valence-corrected chi connectivity index (χ1v) is 9.87. The van der Waals surface area contributed by atoms with E-state index in [0.29, 0.717) is 5.92 Å². The summed E-state index contributed by atoms with van der Waals surface area (Å²) in [6.45, 7) is 1.46. The van der Waals surface area contributed by atoms with Crippen LogP contribution in [-0.2, 0) is 9.47 Å². The molecule has 0 bridgehead atoms. The Kier molecular flexibility index (Phi) is 5.02. The van der Waals surface area contributed by atoms with Crippen LogP contribution >= 0.6 is 0 Å². The lowest BCUT2D eigenvalue weighted by Crippen LogP contribution is -2.37. The van der Waals surface area contributed by atoms with Crippen LogP contribution in [0, 0.1) is 17.7 Å². The topological polar surface area (TPSA) is 55.8 Å². The average Bonchev–Trinajstić information content (AvgIpc) is 3.10. The highest BCUT2D eigenvalue weighted by Gasteiger charge is 2.42. The molecule has 142 valence electrons. The molecule has 2 aliphatic carbocycles. The van der Waals surface area contributed by atoms with Crippen LogP contribution in [0.25, 0.3) is 0 Å². The second kappa shape index (κ2) is 7.28. The quantitative estimate of drug-likeness (QED) is 0.844. The van der Waals surface area contributed by atoms with Crippen LogP contribution < -0.4 is 0 Å². The standard InChI is InChI=1S/C21H27FO4/c22-19-13-17(5-6-18(19)20(23)24)15-3-1-14(2-4-15)16-7-9-21(10-8-16)25-11-12-26-21/h5-6,13-16H,1-4,7-12H2,(H,23,24)/t14-,15-. The van der Waals surface area contributed by atoms with Gasteiger partial charge < -0.3 is 14.6 Å². The van der Waals surface area contributed by atoms with Gasteiger partial charge in [0.1, 0.15) is 5.82 Å². The van der Waals surface area contributed by atoms with Gasteiger partial charge in [0.25, 0.3) is 0 Å². The molecule has 1 aromatic carbocycles. The Hall–Kier alpha value is -1.46. The van der Waals surface area contributed by atoms with Gasteiger partial charge in [-0.15, -0.1) is 0 Å². The summed E-state index contributed by atoms with van der Waals surface area (Å²) >= 11 is 0. The molecule has 1 saturated heterocycles. The molecule has 0 radical (unpaired) electrons. The van der Waals surface area contributed by atoms with Gasteiger partial charge in [-0.3, -0.25) is 0 Å². The molecule has 1 aromatic rings. The lowest BCUT2D eigenvalue weighted by molar-refractivity contribution is -0.185. The zero-order valence-corrected chi connectivity index (χ0v) is 15.1. The van der Waals surface area contributed by atoms with Crippen LogP contribution in [0.2, 0.25) is 0 Å². The highest BCUT2D eigenvalue weighted by molar-refractivity contribution is 5.87. The van der Waals surface area contributed by atoms with Crippen molar-refractivity contribution in [1.82, 2.24) is 0 Å². The number of ether oxygens (including phenoxy) is 2. The molecule has 0 unspecified atom stereocenters. The van der Waals surface area contributed by atoms with Crippen molar-refractivity contribution >= 4 is 5.97 Å². The van der Waals surface area contributed by atoms with E-state index >= 15 is 0 Å². The Morgan fingerprint density at radius 1 is 1.00 bits per heavy atom. The van der Waals surface area contributed by atoms with Crippen LogP contribution in [0.3, 0.4) is 0 Å². The van der Waals surface area contributed by atoms with Crippen LogP contribution in [0.5, 0.6) is 0 Å². The predicted octanol–water partition coefficient (Wildman–Crippen LogP) is 4.73. The van der Waals surface area contributed by atoms with Crippen molar-refractivity contribution in [3.63, 3.8) is 0 Å². The number of rotatable bonds is 3. The van der Waals surface area contributed by atoms with Crippen LogP contribution in [0.15, 0.2) is 18.2 Å². The number of hydrogen-bond acceptors (Lipinski definition) is 3. The number of halogens is 1. The molecule has 1 N–H and O–H groups in total. The van der Waals surface area contributed by atoms with Crippen molar-refractivity contribution < 1.29 is 23.8 Å². The highest BCUT2D eigenvalue weighted by Crippen LogP contribution is 2.46. The summed E-state index contributed by atoms with van der Waals surface area (Å²) in [6.07, 6.45) is 8.85. The fraction of sp³-hybridized carbons (Fsp3) is 0.667. The lowest BCUT2D eigenvalue weighted by atomic mass is 9.69. The molecule has 0 aromatic heterocycles. The van der Waals surface area contributed by atoms with Crippen molar-refractivity contribution in [2.45, 2.75) is 63.1 Å². The van der Waals surface area contributed by atoms with Crippen molar-refractivity contribution in [1.29, 1.82) is 0 Å². The van der Waals surface area contributed by atoms with Crippen molar-refractivity contribution in [3.05, 3.63) is 35.1 Å². The van der Waals surface area contributed by atoms with Gasteiger partial charge in [0.05, 0.1) is 18.8 Å². The third kappa shape index (κ3) is 3.52. The molecule has 3 aliphatic rings.